The van der Waals surface area contributed by atoms with E-state index in [1.165, 1.54) is 0 Å². The van der Waals surface area contributed by atoms with Crippen LogP contribution in [0, 0.1) is 23.3 Å². The first-order chi connectivity index (χ1) is 9.91. The molecule has 0 saturated heterocycles. The van der Waals surface area contributed by atoms with Gasteiger partial charge >= 0.3 is 5.97 Å². The lowest BCUT2D eigenvalue weighted by Gasteiger charge is -2.09. The number of carbonyl (C=O) groups is 1. The van der Waals surface area contributed by atoms with Gasteiger partial charge in [0.15, 0.2) is 29.0 Å². The summed E-state index contributed by atoms with van der Waals surface area (Å²) in [5, 5.41) is 15.7. The smallest absolute Gasteiger partial charge is 0.358 e. The Kier molecular flexibility index (Phi) is 2.92. The van der Waals surface area contributed by atoms with Crippen LogP contribution in [-0.2, 0) is 0 Å². The van der Waals surface area contributed by atoms with Gasteiger partial charge in [0, 0.05) is 12.0 Å². The van der Waals surface area contributed by atoms with Crippen molar-refractivity contribution in [2.45, 2.75) is 18.8 Å². The van der Waals surface area contributed by atoms with Crippen LogP contribution >= 0.6 is 0 Å². The summed E-state index contributed by atoms with van der Waals surface area (Å²) in [6.07, 6.45) is 1.16. The van der Waals surface area contributed by atoms with Crippen LogP contribution in [-0.4, -0.2) is 26.1 Å². The Bertz CT molecular complexity index is 729. The van der Waals surface area contributed by atoms with Crippen LogP contribution in [0.2, 0.25) is 0 Å². The zero-order chi connectivity index (χ0) is 15.3. The first-order valence-corrected chi connectivity index (χ1v) is 5.94. The topological polar surface area (TPSA) is 68.0 Å². The van der Waals surface area contributed by atoms with Gasteiger partial charge in [-0.25, -0.2) is 27.0 Å². The maximum Gasteiger partial charge on any atom is 0.358 e. The second kappa shape index (κ2) is 4.54. The molecule has 0 spiro atoms. The Balaban J connectivity index is 2.29. The van der Waals surface area contributed by atoms with Gasteiger partial charge in [-0.3, -0.25) is 0 Å². The molecule has 0 atom stereocenters. The molecule has 1 fully saturated rings. The Labute approximate surface area is 114 Å². The van der Waals surface area contributed by atoms with Gasteiger partial charge in [0.25, 0.3) is 0 Å². The van der Waals surface area contributed by atoms with Gasteiger partial charge in [0.1, 0.15) is 5.69 Å². The summed E-state index contributed by atoms with van der Waals surface area (Å²) in [7, 11) is 0. The van der Waals surface area contributed by atoms with Crippen molar-refractivity contribution in [2.24, 2.45) is 0 Å². The van der Waals surface area contributed by atoms with Crippen LogP contribution in [0.4, 0.5) is 17.6 Å². The van der Waals surface area contributed by atoms with Crippen molar-refractivity contribution in [3.63, 3.8) is 0 Å². The standard InChI is InChI=1S/C12H7F4N3O2/c13-5-3-6(14)8(16)11(7(5)15)19-10(4-1-2-4)9(12(20)21)17-18-19/h3-4H,1-2H2,(H,20,21). The monoisotopic (exact) mass is 301 g/mol. The minimum Gasteiger partial charge on any atom is -0.476 e. The van der Waals surface area contributed by atoms with E-state index in [0.717, 1.165) is 0 Å². The molecule has 1 heterocycles. The van der Waals surface area contributed by atoms with E-state index in [4.69, 9.17) is 5.11 Å². The molecular weight excluding hydrogens is 294 g/mol. The summed E-state index contributed by atoms with van der Waals surface area (Å²) < 4.78 is 54.6. The number of carboxylic acids is 1. The summed E-state index contributed by atoms with van der Waals surface area (Å²) in [4.78, 5) is 11.1. The largest absolute Gasteiger partial charge is 0.476 e. The average Bonchev–Trinajstić information content (AvgIpc) is 3.17. The van der Waals surface area contributed by atoms with Gasteiger partial charge in [-0.05, 0) is 12.8 Å². The summed E-state index contributed by atoms with van der Waals surface area (Å²) in [6, 6.07) is 0.0694. The highest BCUT2D eigenvalue weighted by molar-refractivity contribution is 5.87. The molecule has 0 unspecified atom stereocenters. The summed E-state index contributed by atoms with van der Waals surface area (Å²) in [5.41, 5.74) is -1.65. The number of halogens is 4. The van der Waals surface area contributed by atoms with Crippen molar-refractivity contribution in [2.75, 3.05) is 0 Å². The molecule has 1 N–H and O–H groups in total. The highest BCUT2D eigenvalue weighted by Crippen LogP contribution is 2.42. The van der Waals surface area contributed by atoms with E-state index in [1.807, 2.05) is 0 Å². The highest BCUT2D eigenvalue weighted by atomic mass is 19.2. The van der Waals surface area contributed by atoms with Crippen LogP contribution in [0.1, 0.15) is 34.9 Å². The SMILES string of the molecule is O=C(O)c1nnn(-c2c(F)c(F)cc(F)c2F)c1C1CC1. The molecule has 1 saturated carbocycles. The number of hydrogen-bond donors (Lipinski definition) is 1. The number of aromatic carboxylic acids is 1. The van der Waals surface area contributed by atoms with E-state index >= 15 is 0 Å². The minimum atomic E-state index is -1.65. The number of carboxylic acid groups (broad SMARTS) is 1. The average molecular weight is 301 g/mol. The summed E-state index contributed by atoms with van der Waals surface area (Å²) >= 11 is 0. The lowest BCUT2D eigenvalue weighted by Crippen LogP contribution is -2.11. The summed E-state index contributed by atoms with van der Waals surface area (Å²) in [6.45, 7) is 0. The van der Waals surface area contributed by atoms with E-state index in [9.17, 15) is 22.4 Å². The molecule has 0 bridgehead atoms. The van der Waals surface area contributed by atoms with E-state index in [-0.39, 0.29) is 17.7 Å². The van der Waals surface area contributed by atoms with Crippen molar-refractivity contribution in [1.82, 2.24) is 15.0 Å². The van der Waals surface area contributed by atoms with Crippen LogP contribution < -0.4 is 0 Å². The molecule has 0 amide bonds. The molecule has 21 heavy (non-hydrogen) atoms. The third-order valence-electron chi connectivity index (χ3n) is 3.17. The fourth-order valence-electron chi connectivity index (χ4n) is 2.08. The lowest BCUT2D eigenvalue weighted by atomic mass is 10.2. The zero-order valence-corrected chi connectivity index (χ0v) is 10.3. The third kappa shape index (κ3) is 2.05. The van der Waals surface area contributed by atoms with Gasteiger partial charge in [0.05, 0.1) is 5.69 Å². The van der Waals surface area contributed by atoms with Crippen LogP contribution in [0.5, 0.6) is 0 Å². The fraction of sp³-hybridized carbons (Fsp3) is 0.250. The molecule has 9 heteroatoms. The molecule has 1 aliphatic rings. The van der Waals surface area contributed by atoms with Crippen LogP contribution in [0.15, 0.2) is 6.07 Å². The van der Waals surface area contributed by atoms with E-state index in [0.29, 0.717) is 17.5 Å². The number of rotatable bonds is 3. The first kappa shape index (κ1) is 13.5. The van der Waals surface area contributed by atoms with Crippen molar-refractivity contribution in [1.29, 1.82) is 0 Å². The second-order valence-corrected chi connectivity index (χ2v) is 4.63. The molecule has 1 aromatic carbocycles. The Morgan fingerprint density at radius 3 is 2.24 bits per heavy atom. The Morgan fingerprint density at radius 2 is 1.76 bits per heavy atom. The van der Waals surface area contributed by atoms with E-state index in [1.54, 1.807) is 0 Å². The van der Waals surface area contributed by atoms with Gasteiger partial charge in [0.2, 0.25) is 0 Å². The molecule has 2 aromatic rings. The summed E-state index contributed by atoms with van der Waals surface area (Å²) in [5.74, 6) is -8.25. The second-order valence-electron chi connectivity index (χ2n) is 4.63. The predicted molar refractivity (Wildman–Crippen MR) is 60.1 cm³/mol. The molecule has 3 rings (SSSR count). The normalized spacial score (nSPS) is 14.5. The van der Waals surface area contributed by atoms with Crippen molar-refractivity contribution in [3.8, 4) is 5.69 Å². The molecular formula is C12H7F4N3O2. The molecule has 0 aliphatic heterocycles. The predicted octanol–water partition coefficient (Wildman–Crippen LogP) is 2.40. The van der Waals surface area contributed by atoms with Crippen LogP contribution in [0.25, 0.3) is 5.69 Å². The third-order valence-corrected chi connectivity index (χ3v) is 3.17. The Morgan fingerprint density at radius 1 is 1.19 bits per heavy atom. The van der Waals surface area contributed by atoms with E-state index in [2.05, 4.69) is 10.3 Å². The lowest BCUT2D eigenvalue weighted by molar-refractivity contribution is 0.0689. The Hall–Kier alpha value is -2.45. The quantitative estimate of drug-likeness (QED) is 0.698. The van der Waals surface area contributed by atoms with Gasteiger partial charge < -0.3 is 5.11 Å². The number of benzene rings is 1. The van der Waals surface area contributed by atoms with Crippen LogP contribution in [0.3, 0.4) is 0 Å². The van der Waals surface area contributed by atoms with Gasteiger partial charge in [-0.1, -0.05) is 5.21 Å². The highest BCUT2D eigenvalue weighted by Gasteiger charge is 2.36. The van der Waals surface area contributed by atoms with Crippen molar-refractivity contribution in [3.05, 3.63) is 40.7 Å². The first-order valence-electron chi connectivity index (χ1n) is 5.94. The fourth-order valence-corrected chi connectivity index (χ4v) is 2.08. The maximum atomic E-state index is 13.8. The number of aromatic nitrogens is 3. The van der Waals surface area contributed by atoms with Crippen molar-refractivity contribution < 1.29 is 27.5 Å². The molecule has 110 valence electrons. The van der Waals surface area contributed by atoms with Crippen molar-refractivity contribution >= 4 is 5.97 Å². The molecule has 0 radical (unpaired) electrons. The zero-order valence-electron chi connectivity index (χ0n) is 10.3. The maximum absolute atomic E-state index is 13.8. The number of hydrogen-bond acceptors (Lipinski definition) is 3. The molecule has 1 aliphatic carbocycles. The van der Waals surface area contributed by atoms with E-state index < -0.39 is 40.6 Å². The minimum absolute atomic E-state index is 0.0645. The molecule has 5 nitrogen and oxygen atoms in total. The number of nitrogens with zero attached hydrogens (tertiary/aromatic N) is 3. The molecule has 1 aromatic heterocycles. The van der Waals surface area contributed by atoms with Gasteiger partial charge in [-0.15, -0.1) is 5.10 Å². The van der Waals surface area contributed by atoms with Gasteiger partial charge in [-0.2, -0.15) is 0 Å².